The molecule has 2 aromatic heterocycles. The summed E-state index contributed by atoms with van der Waals surface area (Å²) in [5, 5.41) is 20.9. The molecule has 0 atom stereocenters. The second-order valence-electron chi connectivity index (χ2n) is 8.29. The van der Waals surface area contributed by atoms with Crippen LogP contribution in [0.2, 0.25) is 5.02 Å². The maximum absolute atomic E-state index is 12.7. The Labute approximate surface area is 195 Å². The molecule has 0 bridgehead atoms. The Kier molecular flexibility index (Phi) is 5.76. The molecule has 8 heteroatoms. The zero-order valence-electron chi connectivity index (χ0n) is 17.8. The van der Waals surface area contributed by atoms with Gasteiger partial charge in [0.25, 0.3) is 0 Å². The fourth-order valence-corrected chi connectivity index (χ4v) is 4.68. The van der Waals surface area contributed by atoms with Crippen LogP contribution in [-0.2, 0) is 4.79 Å². The molecule has 2 heterocycles. The summed E-state index contributed by atoms with van der Waals surface area (Å²) in [6, 6.07) is 15.3. The highest BCUT2D eigenvalue weighted by Gasteiger charge is 2.22. The van der Waals surface area contributed by atoms with Gasteiger partial charge in [-0.1, -0.05) is 54.8 Å². The quantitative estimate of drug-likeness (QED) is 0.398. The molecule has 0 unspecified atom stereocenters. The van der Waals surface area contributed by atoms with Crippen LogP contribution in [0.4, 0.5) is 5.82 Å². The molecule has 4 aromatic rings. The number of benzene rings is 2. The third-order valence-electron chi connectivity index (χ3n) is 6.03. The summed E-state index contributed by atoms with van der Waals surface area (Å²) in [6.45, 7) is 0. The third kappa shape index (κ3) is 4.30. The zero-order chi connectivity index (χ0) is 22.8. The van der Waals surface area contributed by atoms with Gasteiger partial charge in [0.1, 0.15) is 6.07 Å². The van der Waals surface area contributed by atoms with E-state index in [0.29, 0.717) is 34.3 Å². The number of nitriles is 1. The molecule has 0 radical (unpaired) electrons. The van der Waals surface area contributed by atoms with Gasteiger partial charge in [0.15, 0.2) is 11.5 Å². The number of hydrogen-bond acceptors (Lipinski definition) is 5. The highest BCUT2D eigenvalue weighted by atomic mass is 35.5. The van der Waals surface area contributed by atoms with Crippen molar-refractivity contribution in [2.45, 2.75) is 32.1 Å². The van der Waals surface area contributed by atoms with Crippen molar-refractivity contribution in [1.29, 1.82) is 5.26 Å². The molecule has 1 saturated carbocycles. The number of rotatable bonds is 5. The number of halogens is 1. The Balaban J connectivity index is 1.61. The first kappa shape index (κ1) is 21.1. The number of amides is 1. The van der Waals surface area contributed by atoms with E-state index in [0.717, 1.165) is 42.1 Å². The van der Waals surface area contributed by atoms with Crippen LogP contribution in [0.1, 0.15) is 37.8 Å². The van der Waals surface area contributed by atoms with Crippen molar-refractivity contribution >= 4 is 34.2 Å². The molecule has 1 amide bonds. The summed E-state index contributed by atoms with van der Waals surface area (Å²) in [5.74, 6) is 0.432. The van der Waals surface area contributed by atoms with E-state index in [-0.39, 0.29) is 17.4 Å². The van der Waals surface area contributed by atoms with Gasteiger partial charge in [-0.2, -0.15) is 10.4 Å². The summed E-state index contributed by atoms with van der Waals surface area (Å²) in [4.78, 5) is 22.0. The number of anilines is 1. The number of aromatic amines is 1. The van der Waals surface area contributed by atoms with Crippen LogP contribution in [0.25, 0.3) is 33.4 Å². The van der Waals surface area contributed by atoms with E-state index in [1.54, 1.807) is 12.3 Å². The van der Waals surface area contributed by atoms with Gasteiger partial charge in [0, 0.05) is 22.9 Å². The normalized spacial score (nSPS) is 13.8. The minimum Gasteiger partial charge on any atom is -0.308 e. The number of nitrogens with one attached hydrogen (secondary N) is 2. The molecule has 0 saturated heterocycles. The van der Waals surface area contributed by atoms with Crippen molar-refractivity contribution in [3.05, 3.63) is 59.4 Å². The van der Waals surface area contributed by atoms with Crippen molar-refractivity contribution in [1.82, 2.24) is 20.2 Å². The number of hydrogen-bond donors (Lipinski definition) is 2. The number of aromatic nitrogens is 4. The maximum Gasteiger partial charge on any atom is 0.225 e. The summed E-state index contributed by atoms with van der Waals surface area (Å²) < 4.78 is 0. The van der Waals surface area contributed by atoms with Gasteiger partial charge < -0.3 is 5.32 Å². The van der Waals surface area contributed by atoms with E-state index in [9.17, 15) is 10.1 Å². The predicted molar refractivity (Wildman–Crippen MR) is 127 cm³/mol. The van der Waals surface area contributed by atoms with Gasteiger partial charge in [0.05, 0.1) is 28.1 Å². The fraction of sp³-hybridized carbons (Fsp3) is 0.240. The molecule has 1 aliphatic carbocycles. The van der Waals surface area contributed by atoms with Crippen molar-refractivity contribution in [2.75, 3.05) is 5.32 Å². The topological polar surface area (TPSA) is 107 Å². The highest BCUT2D eigenvalue weighted by molar-refractivity contribution is 6.35. The van der Waals surface area contributed by atoms with Crippen LogP contribution in [0, 0.1) is 17.2 Å². The minimum atomic E-state index is -0.137. The first-order chi connectivity index (χ1) is 16.1. The Morgan fingerprint density at radius 1 is 1.12 bits per heavy atom. The average Bonchev–Trinajstić information content (AvgIpc) is 3.51. The number of carbonyl (C=O) groups excluding carboxylic acids is 1. The summed E-state index contributed by atoms with van der Waals surface area (Å²) in [6.07, 6.45) is 6.57. The second-order valence-corrected chi connectivity index (χ2v) is 8.70. The number of fused-ring (bicyclic) bond motifs is 1. The molecule has 1 fully saturated rings. The van der Waals surface area contributed by atoms with E-state index in [1.807, 2.05) is 36.4 Å². The largest absolute Gasteiger partial charge is 0.308 e. The van der Waals surface area contributed by atoms with E-state index < -0.39 is 0 Å². The fourth-order valence-electron chi connectivity index (χ4n) is 4.41. The van der Waals surface area contributed by atoms with Crippen molar-refractivity contribution < 1.29 is 4.79 Å². The van der Waals surface area contributed by atoms with Gasteiger partial charge in [-0.3, -0.25) is 9.89 Å². The van der Waals surface area contributed by atoms with Crippen molar-refractivity contribution in [2.24, 2.45) is 5.92 Å². The molecular formula is C25H21ClN6O. The molecule has 0 spiro atoms. The summed E-state index contributed by atoms with van der Waals surface area (Å²) >= 11 is 6.47. The van der Waals surface area contributed by atoms with Gasteiger partial charge in [-0.15, -0.1) is 0 Å². The first-order valence-corrected chi connectivity index (χ1v) is 11.3. The van der Waals surface area contributed by atoms with Gasteiger partial charge in [-0.05, 0) is 30.9 Å². The molecule has 5 rings (SSSR count). The van der Waals surface area contributed by atoms with E-state index in [4.69, 9.17) is 16.6 Å². The van der Waals surface area contributed by atoms with Crippen LogP contribution in [0.5, 0.6) is 0 Å². The lowest BCUT2D eigenvalue weighted by Gasteiger charge is -2.14. The lowest BCUT2D eigenvalue weighted by Crippen LogP contribution is -2.18. The lowest BCUT2D eigenvalue weighted by atomic mass is 10.0. The Morgan fingerprint density at radius 3 is 2.64 bits per heavy atom. The summed E-state index contributed by atoms with van der Waals surface area (Å²) in [7, 11) is 0. The van der Waals surface area contributed by atoms with E-state index in [2.05, 4.69) is 26.6 Å². The van der Waals surface area contributed by atoms with Crippen LogP contribution in [0.3, 0.4) is 0 Å². The lowest BCUT2D eigenvalue weighted by molar-refractivity contribution is -0.117. The average molecular weight is 457 g/mol. The van der Waals surface area contributed by atoms with Crippen molar-refractivity contribution in [3.63, 3.8) is 0 Å². The molecule has 2 aromatic carbocycles. The first-order valence-electron chi connectivity index (χ1n) is 10.9. The van der Waals surface area contributed by atoms with Crippen LogP contribution < -0.4 is 5.32 Å². The van der Waals surface area contributed by atoms with E-state index >= 15 is 0 Å². The number of carbonyl (C=O) groups is 1. The number of nitrogens with zero attached hydrogens (tertiary/aromatic N) is 4. The highest BCUT2D eigenvalue weighted by Crippen LogP contribution is 2.35. The van der Waals surface area contributed by atoms with Crippen LogP contribution >= 0.6 is 11.6 Å². The predicted octanol–water partition coefficient (Wildman–Crippen LogP) is 5.73. The molecule has 2 N–H and O–H groups in total. The Hall–Kier alpha value is -3.76. The minimum absolute atomic E-state index is 0.0628. The zero-order valence-corrected chi connectivity index (χ0v) is 18.6. The van der Waals surface area contributed by atoms with E-state index in [1.165, 1.54) is 0 Å². The van der Waals surface area contributed by atoms with Gasteiger partial charge >= 0.3 is 0 Å². The molecule has 7 nitrogen and oxygen atoms in total. The SMILES string of the molecule is N#Cc1nc(-c2cc(Cl)c3[nH]ncc3c2)c(-c2ccccc2)nc1NC(=O)CC1CCCC1. The molecule has 164 valence electrons. The molecule has 33 heavy (non-hydrogen) atoms. The monoisotopic (exact) mass is 456 g/mol. The Morgan fingerprint density at radius 2 is 1.88 bits per heavy atom. The molecular weight excluding hydrogens is 436 g/mol. The molecule has 0 aliphatic heterocycles. The number of H-pyrrole nitrogens is 1. The van der Waals surface area contributed by atoms with Crippen LogP contribution in [0.15, 0.2) is 48.7 Å². The van der Waals surface area contributed by atoms with Crippen LogP contribution in [-0.4, -0.2) is 26.1 Å². The van der Waals surface area contributed by atoms with Gasteiger partial charge in [-0.25, -0.2) is 9.97 Å². The Bertz CT molecular complexity index is 1370. The standard InChI is InChI=1S/C25H21ClN6O/c26-19-12-17(11-18-14-28-32-22(18)19)24-23(16-8-2-1-3-9-16)31-25(20(13-27)29-24)30-21(33)10-15-6-4-5-7-15/h1-3,8-9,11-12,14-15H,4-7,10H2,(H,28,32)(H,30,31,33). The maximum atomic E-state index is 12.7. The summed E-state index contributed by atoms with van der Waals surface area (Å²) in [5.41, 5.74) is 3.39. The second kappa shape index (κ2) is 9.00. The van der Waals surface area contributed by atoms with Gasteiger partial charge in [0.2, 0.25) is 5.91 Å². The smallest absolute Gasteiger partial charge is 0.225 e. The third-order valence-corrected chi connectivity index (χ3v) is 6.33. The molecule has 1 aliphatic rings. The van der Waals surface area contributed by atoms with Crippen molar-refractivity contribution in [3.8, 4) is 28.6 Å².